The number of carbonyl (C=O) groups excluding carboxylic acids is 4. The molecule has 2 aromatic carbocycles. The summed E-state index contributed by atoms with van der Waals surface area (Å²) in [6.07, 6.45) is -4.78. The van der Waals surface area contributed by atoms with Gasteiger partial charge in [-0.15, -0.1) is 0 Å². The van der Waals surface area contributed by atoms with Gasteiger partial charge < -0.3 is 28.4 Å². The van der Waals surface area contributed by atoms with E-state index >= 15 is 0 Å². The van der Waals surface area contributed by atoms with E-state index in [1.165, 1.54) is 25.3 Å². The van der Waals surface area contributed by atoms with Crippen molar-refractivity contribution in [3.63, 3.8) is 0 Å². The van der Waals surface area contributed by atoms with Crippen LogP contribution in [0.2, 0.25) is 0 Å². The average Bonchev–Trinajstić information content (AvgIpc) is 3.36. The monoisotopic (exact) mass is 631 g/mol. The van der Waals surface area contributed by atoms with Gasteiger partial charge in [0, 0.05) is 51.4 Å². The molecule has 1 aliphatic rings. The van der Waals surface area contributed by atoms with Gasteiger partial charge in [-0.1, -0.05) is 36.4 Å². The van der Waals surface area contributed by atoms with Crippen LogP contribution in [0.25, 0.3) is 10.9 Å². The third-order valence-corrected chi connectivity index (χ3v) is 8.50. The first-order valence-electron chi connectivity index (χ1n) is 13.7. The second kappa shape index (κ2) is 13.2. The van der Waals surface area contributed by atoms with Crippen LogP contribution in [-0.4, -0.2) is 74.1 Å². The lowest BCUT2D eigenvalue weighted by Crippen LogP contribution is -2.68. The van der Waals surface area contributed by atoms with E-state index in [-0.39, 0.29) is 28.0 Å². The van der Waals surface area contributed by atoms with Crippen molar-refractivity contribution >= 4 is 44.8 Å². The summed E-state index contributed by atoms with van der Waals surface area (Å²) in [5, 5.41) is 0.277. The van der Waals surface area contributed by atoms with Crippen molar-refractivity contribution in [2.75, 3.05) is 13.2 Å². The van der Waals surface area contributed by atoms with Crippen LogP contribution >= 0.6 is 0 Å². The molecule has 0 aliphatic carbocycles. The number of rotatable bonds is 10. The fourth-order valence-corrected chi connectivity index (χ4v) is 6.66. The minimum Gasteiger partial charge on any atom is -0.463 e. The van der Waals surface area contributed by atoms with Crippen LogP contribution < -0.4 is 0 Å². The zero-order valence-electron chi connectivity index (χ0n) is 24.8. The summed E-state index contributed by atoms with van der Waals surface area (Å²) in [6.45, 7) is 5.63. The summed E-state index contributed by atoms with van der Waals surface area (Å²) >= 11 is 0. The van der Waals surface area contributed by atoms with Gasteiger partial charge in [0.2, 0.25) is 11.9 Å². The van der Waals surface area contributed by atoms with E-state index in [2.05, 4.69) is 0 Å². The molecule has 3 aromatic rings. The first-order chi connectivity index (χ1) is 20.8. The molecule has 0 radical (unpaired) electrons. The molecular formula is C30H33NO12S. The minimum absolute atomic E-state index is 0.0139. The lowest BCUT2D eigenvalue weighted by Gasteiger charge is -2.51. The van der Waals surface area contributed by atoms with Gasteiger partial charge in [-0.3, -0.25) is 19.2 Å². The van der Waals surface area contributed by atoms with E-state index < -0.39 is 70.7 Å². The molecule has 44 heavy (non-hydrogen) atoms. The van der Waals surface area contributed by atoms with Crippen LogP contribution in [0.1, 0.15) is 40.2 Å². The second-order valence-electron chi connectivity index (χ2n) is 9.93. The molecule has 13 nitrogen and oxygen atoms in total. The fourth-order valence-electron chi connectivity index (χ4n) is 5.27. The second-order valence-corrected chi connectivity index (χ2v) is 11.7. The zero-order chi connectivity index (χ0) is 32.2. The maximum absolute atomic E-state index is 13.9. The summed E-state index contributed by atoms with van der Waals surface area (Å²) in [4.78, 5) is 49.6. The van der Waals surface area contributed by atoms with Gasteiger partial charge in [-0.2, -0.15) is 0 Å². The molecule has 1 saturated heterocycles. The molecule has 0 bridgehead atoms. The Morgan fingerprint density at radius 3 is 2.09 bits per heavy atom. The molecule has 0 unspecified atom stereocenters. The average molecular weight is 632 g/mol. The highest BCUT2D eigenvalue weighted by atomic mass is 32.2. The molecule has 1 aromatic heterocycles. The van der Waals surface area contributed by atoms with E-state index in [1.54, 1.807) is 49.4 Å². The van der Waals surface area contributed by atoms with Crippen molar-refractivity contribution in [2.24, 2.45) is 0 Å². The highest BCUT2D eigenvalue weighted by Gasteiger charge is 2.65. The Labute approximate surface area is 254 Å². The highest BCUT2D eigenvalue weighted by molar-refractivity contribution is 7.90. The summed E-state index contributed by atoms with van der Waals surface area (Å²) in [6, 6.07) is 14.1. The Morgan fingerprint density at radius 1 is 0.864 bits per heavy atom. The number of ether oxygens (including phenoxy) is 6. The van der Waals surface area contributed by atoms with Crippen molar-refractivity contribution in [2.45, 2.75) is 69.7 Å². The summed E-state index contributed by atoms with van der Waals surface area (Å²) < 4.78 is 63.5. The molecule has 1 fully saturated rings. The minimum atomic E-state index is -4.23. The third-order valence-electron chi connectivity index (χ3n) is 6.81. The van der Waals surface area contributed by atoms with Crippen molar-refractivity contribution in [3.05, 3.63) is 66.4 Å². The number of hydrogen-bond donors (Lipinski definition) is 0. The van der Waals surface area contributed by atoms with Gasteiger partial charge in [0.1, 0.15) is 12.7 Å². The van der Waals surface area contributed by atoms with E-state index in [4.69, 9.17) is 28.4 Å². The molecule has 0 amide bonds. The number of para-hydroxylation sites is 1. The van der Waals surface area contributed by atoms with Crippen LogP contribution in [0.4, 0.5) is 0 Å². The number of carbonyl (C=O) groups is 4. The number of esters is 4. The number of nitrogens with zero attached hydrogens (tertiary/aromatic N) is 1. The smallest absolute Gasteiger partial charge is 0.303 e. The Morgan fingerprint density at radius 2 is 1.50 bits per heavy atom. The maximum atomic E-state index is 13.9. The maximum Gasteiger partial charge on any atom is 0.303 e. The zero-order valence-corrected chi connectivity index (χ0v) is 25.6. The van der Waals surface area contributed by atoms with E-state index in [1.807, 2.05) is 0 Å². The fraction of sp³-hybridized carbons (Fsp3) is 0.400. The van der Waals surface area contributed by atoms with Crippen molar-refractivity contribution in [1.29, 1.82) is 0 Å². The summed E-state index contributed by atoms with van der Waals surface area (Å²) in [7, 11) is -4.23. The van der Waals surface area contributed by atoms with Gasteiger partial charge >= 0.3 is 23.9 Å². The van der Waals surface area contributed by atoms with Gasteiger partial charge in [0.25, 0.3) is 10.0 Å². The molecular weight excluding hydrogens is 598 g/mol. The van der Waals surface area contributed by atoms with Crippen LogP contribution in [0.3, 0.4) is 0 Å². The Balaban J connectivity index is 2.09. The summed E-state index contributed by atoms with van der Waals surface area (Å²) in [5.41, 5.74) is -2.02. The first-order valence-corrected chi connectivity index (χ1v) is 15.1. The Hall–Kier alpha value is -4.27. The number of fused-ring (bicyclic) bond motifs is 1. The van der Waals surface area contributed by atoms with Crippen LogP contribution in [-0.2, 0) is 63.2 Å². The van der Waals surface area contributed by atoms with E-state index in [0.29, 0.717) is 0 Å². The third kappa shape index (κ3) is 6.32. The van der Waals surface area contributed by atoms with E-state index in [9.17, 15) is 27.6 Å². The number of benzene rings is 2. The molecule has 5 atom stereocenters. The van der Waals surface area contributed by atoms with Gasteiger partial charge in [0.05, 0.1) is 10.4 Å². The highest BCUT2D eigenvalue weighted by Crippen LogP contribution is 2.48. The standard InChI is InChI=1S/C30H33NO12S/c1-6-38-29-30(43-21(5)35,28(41-20(4)34)27(40-19(3)33)26(42-29)17-39-18(2)32)24-16-31(25-15-11-10-14-23(24)25)44(36,37)22-12-8-7-9-13-22/h7-16,26-29H,6,17H2,1-5H3/t26-,27-,28+,29+,30-/m1/s1. The Bertz CT molecular complexity index is 1650. The molecule has 4 rings (SSSR count). The predicted octanol–water partition coefficient (Wildman–Crippen LogP) is 2.82. The molecule has 236 valence electrons. The topological polar surface area (TPSA) is 163 Å². The molecule has 14 heteroatoms. The molecule has 0 saturated carbocycles. The Kier molecular flexibility index (Phi) is 9.76. The first kappa shape index (κ1) is 32.6. The van der Waals surface area contributed by atoms with Crippen molar-refractivity contribution < 1.29 is 56.0 Å². The van der Waals surface area contributed by atoms with Crippen molar-refractivity contribution in [3.8, 4) is 0 Å². The van der Waals surface area contributed by atoms with Crippen LogP contribution in [0.5, 0.6) is 0 Å². The predicted molar refractivity (Wildman–Crippen MR) is 152 cm³/mol. The van der Waals surface area contributed by atoms with Gasteiger partial charge in [0.15, 0.2) is 12.2 Å². The largest absolute Gasteiger partial charge is 0.463 e. The normalized spacial score (nSPS) is 23.5. The van der Waals surface area contributed by atoms with E-state index in [0.717, 1.165) is 24.7 Å². The summed E-state index contributed by atoms with van der Waals surface area (Å²) in [5.74, 6) is -3.21. The van der Waals surface area contributed by atoms with Crippen LogP contribution in [0, 0.1) is 0 Å². The molecule has 2 heterocycles. The molecule has 0 N–H and O–H groups in total. The molecule has 0 spiro atoms. The molecule has 1 aliphatic heterocycles. The SMILES string of the molecule is CCO[C@H]1O[C@H](COC(C)=O)[C@@H](OC(C)=O)[C@H](OC(C)=O)[C@]1(OC(C)=O)c1cn(S(=O)(=O)c2ccccc2)c2ccccc12. The number of hydrogen-bond acceptors (Lipinski definition) is 12. The van der Waals surface area contributed by atoms with Gasteiger partial charge in [-0.05, 0) is 25.1 Å². The lowest BCUT2D eigenvalue weighted by molar-refractivity contribution is -0.349. The van der Waals surface area contributed by atoms with Gasteiger partial charge in [-0.25, -0.2) is 12.4 Å². The van der Waals surface area contributed by atoms with Crippen LogP contribution in [0.15, 0.2) is 65.7 Å². The quantitative estimate of drug-likeness (QED) is 0.238. The lowest BCUT2D eigenvalue weighted by atomic mass is 9.79. The van der Waals surface area contributed by atoms with Crippen molar-refractivity contribution in [1.82, 2.24) is 3.97 Å². The number of aromatic nitrogens is 1.